The van der Waals surface area contributed by atoms with Crippen molar-refractivity contribution in [2.24, 2.45) is 7.05 Å². The van der Waals surface area contributed by atoms with Crippen LogP contribution in [0.25, 0.3) is 10.9 Å². The lowest BCUT2D eigenvalue weighted by atomic mass is 9.96. The van der Waals surface area contributed by atoms with E-state index in [1.54, 1.807) is 30.0 Å². The van der Waals surface area contributed by atoms with Gasteiger partial charge in [-0.05, 0) is 57.4 Å². The molecule has 1 atom stereocenters. The first kappa shape index (κ1) is 30.7. The first-order valence-electron chi connectivity index (χ1n) is 13.7. The zero-order valence-corrected chi connectivity index (χ0v) is 25.9. The number of aryl methyl sites for hydroxylation is 2. The molecule has 43 heavy (non-hydrogen) atoms. The second-order valence-electron chi connectivity index (χ2n) is 10.6. The van der Waals surface area contributed by atoms with E-state index in [2.05, 4.69) is 25.1 Å². The summed E-state index contributed by atoms with van der Waals surface area (Å²) < 4.78 is 31.3. The largest absolute Gasteiger partial charge is 0.377 e. The molecule has 0 aliphatic carbocycles. The van der Waals surface area contributed by atoms with Crippen LogP contribution in [0.2, 0.25) is 5.15 Å². The van der Waals surface area contributed by atoms with Crippen LogP contribution in [0.4, 0.5) is 20.4 Å². The van der Waals surface area contributed by atoms with E-state index in [1.165, 1.54) is 6.92 Å². The van der Waals surface area contributed by atoms with E-state index in [-0.39, 0.29) is 40.1 Å². The predicted molar refractivity (Wildman–Crippen MR) is 164 cm³/mol. The van der Waals surface area contributed by atoms with Crippen LogP contribution in [0.3, 0.4) is 0 Å². The van der Waals surface area contributed by atoms with Gasteiger partial charge >= 0.3 is 6.55 Å². The molecule has 1 fully saturated rings. The van der Waals surface area contributed by atoms with Crippen molar-refractivity contribution < 1.29 is 13.6 Å². The number of nitrogens with zero attached hydrogens (tertiary/aromatic N) is 7. The van der Waals surface area contributed by atoms with Gasteiger partial charge in [-0.1, -0.05) is 29.6 Å². The summed E-state index contributed by atoms with van der Waals surface area (Å²) in [6.07, 6.45) is 3.00. The number of rotatable bonds is 8. The van der Waals surface area contributed by atoms with Crippen LogP contribution in [-0.4, -0.2) is 54.6 Å². The van der Waals surface area contributed by atoms with Gasteiger partial charge in [0.15, 0.2) is 11.5 Å². The van der Waals surface area contributed by atoms with Crippen LogP contribution in [0.15, 0.2) is 29.1 Å². The Kier molecular flexibility index (Phi) is 8.88. The summed E-state index contributed by atoms with van der Waals surface area (Å²) in [6.45, 7) is 3.74. The highest BCUT2D eigenvalue weighted by molar-refractivity contribution is 7.97. The molecule has 0 spiro atoms. The number of nitrogens with one attached hydrogen (secondary N) is 2. The normalized spacial score (nSPS) is 14.9. The zero-order valence-electron chi connectivity index (χ0n) is 24.4. The molecule has 15 heteroatoms. The van der Waals surface area contributed by atoms with Crippen LogP contribution >= 0.6 is 23.5 Å². The summed E-state index contributed by atoms with van der Waals surface area (Å²) in [7, 11) is 1.70. The van der Waals surface area contributed by atoms with Crippen molar-refractivity contribution >= 4 is 52.0 Å². The molecule has 4 aromatic rings. The molecule has 228 valence electrons. The quantitative estimate of drug-likeness (QED) is 0.201. The molecule has 2 N–H and O–H groups in total. The van der Waals surface area contributed by atoms with Crippen LogP contribution in [0.1, 0.15) is 71.5 Å². The number of piperidine rings is 1. The van der Waals surface area contributed by atoms with Crippen molar-refractivity contribution in [1.29, 1.82) is 0 Å². The van der Waals surface area contributed by atoms with Gasteiger partial charge in [-0.2, -0.15) is 18.6 Å². The highest BCUT2D eigenvalue weighted by Crippen LogP contribution is 2.32. The van der Waals surface area contributed by atoms with E-state index in [4.69, 9.17) is 16.6 Å². The second-order valence-corrected chi connectivity index (χ2v) is 11.6. The molecule has 1 unspecified atom stereocenters. The Hall–Kier alpha value is -3.78. The molecule has 1 aromatic carbocycles. The number of pyridine rings is 1. The van der Waals surface area contributed by atoms with Gasteiger partial charge in [0, 0.05) is 37.9 Å². The predicted octanol–water partition coefficient (Wildman–Crippen LogP) is 5.15. The molecule has 3 aromatic heterocycles. The summed E-state index contributed by atoms with van der Waals surface area (Å²) in [5.74, 6) is 0.660. The van der Waals surface area contributed by atoms with E-state index in [1.807, 2.05) is 30.9 Å². The first-order valence-corrected chi connectivity index (χ1v) is 15.3. The van der Waals surface area contributed by atoms with Crippen molar-refractivity contribution in [3.63, 3.8) is 0 Å². The second kappa shape index (κ2) is 12.4. The lowest BCUT2D eigenvalue weighted by Gasteiger charge is -2.32. The Morgan fingerprint density at radius 2 is 1.86 bits per heavy atom. The minimum Gasteiger partial charge on any atom is -0.377 e. The monoisotopic (exact) mass is 631 g/mol. The number of hydrogen-bond acceptors (Lipinski definition) is 9. The van der Waals surface area contributed by atoms with E-state index >= 15 is 0 Å². The van der Waals surface area contributed by atoms with Gasteiger partial charge in [0.2, 0.25) is 5.95 Å². The third-order valence-electron chi connectivity index (χ3n) is 7.59. The minimum atomic E-state index is -2.73. The molecule has 1 aliphatic rings. The van der Waals surface area contributed by atoms with Gasteiger partial charge in [0.25, 0.3) is 11.5 Å². The first-order chi connectivity index (χ1) is 20.5. The number of aromatic nitrogens is 6. The van der Waals surface area contributed by atoms with Gasteiger partial charge in [-0.25, -0.2) is 15.0 Å². The van der Waals surface area contributed by atoms with Crippen molar-refractivity contribution in [2.45, 2.75) is 52.1 Å². The summed E-state index contributed by atoms with van der Waals surface area (Å²) >= 11 is 7.24. The van der Waals surface area contributed by atoms with E-state index in [0.717, 1.165) is 23.1 Å². The van der Waals surface area contributed by atoms with Crippen molar-refractivity contribution in [2.75, 3.05) is 29.6 Å². The van der Waals surface area contributed by atoms with Crippen LogP contribution in [0.5, 0.6) is 0 Å². The maximum Gasteiger partial charge on any atom is 0.334 e. The Morgan fingerprint density at radius 3 is 2.51 bits per heavy atom. The number of alkyl halides is 2. The van der Waals surface area contributed by atoms with Gasteiger partial charge in [0.05, 0.1) is 22.6 Å². The molecule has 1 saturated heterocycles. The summed E-state index contributed by atoms with van der Waals surface area (Å²) in [5.41, 5.74) is 2.69. The van der Waals surface area contributed by atoms with Gasteiger partial charge in [0.1, 0.15) is 11.0 Å². The molecular weight excluding hydrogens is 600 g/mol. The Labute approximate surface area is 256 Å². The number of carbonyl (C=O) groups is 1. The number of amides is 1. The number of fused-ring (bicyclic) bond motifs is 1. The molecule has 1 amide bonds. The average molecular weight is 632 g/mol. The Morgan fingerprint density at radius 1 is 1.14 bits per heavy atom. The maximum absolute atomic E-state index is 13.6. The molecular formula is C28H32ClF2N9O2S. The molecule has 0 radical (unpaired) electrons. The Bertz CT molecular complexity index is 1740. The number of hydrogen-bond donors (Lipinski definition) is 2. The fourth-order valence-corrected chi connectivity index (χ4v) is 5.88. The van der Waals surface area contributed by atoms with Gasteiger partial charge in [-0.15, -0.1) is 0 Å². The molecule has 0 bridgehead atoms. The lowest BCUT2D eigenvalue weighted by Crippen LogP contribution is -2.38. The molecule has 11 nitrogen and oxygen atoms in total. The van der Waals surface area contributed by atoms with Crippen LogP contribution in [0, 0.1) is 13.8 Å². The molecule has 5 rings (SSSR count). The van der Waals surface area contributed by atoms with Crippen molar-refractivity contribution in [3.05, 3.63) is 68.2 Å². The maximum atomic E-state index is 13.6. The fourth-order valence-electron chi connectivity index (χ4n) is 5.45. The topological polar surface area (TPSA) is 123 Å². The number of halogens is 3. The van der Waals surface area contributed by atoms with Crippen LogP contribution < -0.4 is 20.5 Å². The lowest BCUT2D eigenvalue weighted by molar-refractivity contribution is 0.0534. The summed E-state index contributed by atoms with van der Waals surface area (Å²) in [4.78, 5) is 41.8. The Balaban J connectivity index is 1.46. The number of carbonyl (C=O) groups excluding carboxylic acids is 1. The third-order valence-corrected chi connectivity index (χ3v) is 8.19. The SMILES string of the molecule is CSNC(=O)c1nc(Cl)ccc1NC(C)c1cc(C)cc2c(=O)n(C)c(N3CCC(c4nc(C)n(C(F)F)n4)CC3)nc12. The van der Waals surface area contributed by atoms with Gasteiger partial charge < -0.3 is 10.2 Å². The third kappa shape index (κ3) is 6.16. The van der Waals surface area contributed by atoms with Gasteiger partial charge in [-0.3, -0.25) is 18.9 Å². The number of anilines is 2. The standard InChI is InChI=1S/C28H32ClF2N9O2S/c1-14-12-18(15(2)32-20-6-7-21(29)34-23(20)25(41)37-43-5)22-19(13-14)26(42)38(4)28(35-22)39-10-8-17(9-11-39)24-33-16(3)40(36-24)27(30)31/h6-7,12-13,15,17,27,32H,8-11H2,1-5H3,(H,37,41). The molecule has 1 aliphatic heterocycles. The van der Waals surface area contributed by atoms with Crippen molar-refractivity contribution in [3.8, 4) is 0 Å². The van der Waals surface area contributed by atoms with Crippen molar-refractivity contribution in [1.82, 2.24) is 34.0 Å². The smallest absolute Gasteiger partial charge is 0.334 e. The molecule has 4 heterocycles. The van der Waals surface area contributed by atoms with Crippen LogP contribution in [-0.2, 0) is 7.05 Å². The fraction of sp³-hybridized carbons (Fsp3) is 0.429. The minimum absolute atomic E-state index is 0.0691. The summed E-state index contributed by atoms with van der Waals surface area (Å²) in [6, 6.07) is 6.74. The zero-order chi connectivity index (χ0) is 31.0. The number of benzene rings is 1. The summed E-state index contributed by atoms with van der Waals surface area (Å²) in [5, 5.41) is 8.07. The van der Waals surface area contributed by atoms with E-state index in [9.17, 15) is 18.4 Å². The average Bonchev–Trinajstić information content (AvgIpc) is 3.37. The molecule has 0 saturated carbocycles. The highest BCUT2D eigenvalue weighted by Gasteiger charge is 2.28. The highest BCUT2D eigenvalue weighted by atomic mass is 35.5. The van der Waals surface area contributed by atoms with E-state index < -0.39 is 6.55 Å². The van der Waals surface area contributed by atoms with E-state index in [0.29, 0.717) is 59.0 Å².